The first kappa shape index (κ1) is 14.7. The highest BCUT2D eigenvalue weighted by Gasteiger charge is 2.26. The number of aliphatic carboxylic acids is 1. The highest BCUT2D eigenvalue weighted by Crippen LogP contribution is 1.91. The summed E-state index contributed by atoms with van der Waals surface area (Å²) in [5.41, 5.74) is 8.94. The van der Waals surface area contributed by atoms with Gasteiger partial charge in [0.25, 0.3) is 0 Å². The Balaban J connectivity index is 4.51. The Kier molecular flexibility index (Phi) is 5.47. The molecule has 0 aromatic rings. The number of nitrogens with one attached hydrogen (secondary N) is 2. The van der Waals surface area contributed by atoms with Gasteiger partial charge in [-0.05, 0) is 0 Å². The van der Waals surface area contributed by atoms with Crippen LogP contribution in [0.2, 0.25) is 0 Å². The minimum Gasteiger partial charge on any atom is -0.477 e. The molecular formula is C8H12N4O5. The number of carboxylic acids is 1. The molecule has 0 bridgehead atoms. The number of carboxylic acid groups (broad SMARTS) is 1. The van der Waals surface area contributed by atoms with Crippen LogP contribution in [-0.2, 0) is 19.2 Å². The average molecular weight is 244 g/mol. The molecule has 2 atom stereocenters. The first-order chi connectivity index (χ1) is 7.79. The van der Waals surface area contributed by atoms with E-state index in [0.717, 1.165) is 0 Å². The summed E-state index contributed by atoms with van der Waals surface area (Å²) in [6.45, 7) is 0. The van der Waals surface area contributed by atoms with Gasteiger partial charge in [0.05, 0.1) is 12.5 Å². The molecule has 0 aromatic carbocycles. The van der Waals surface area contributed by atoms with Gasteiger partial charge in [0.15, 0.2) is 0 Å². The lowest BCUT2D eigenvalue weighted by molar-refractivity contribution is -0.131. The Morgan fingerprint density at radius 3 is 2.29 bits per heavy atom. The van der Waals surface area contributed by atoms with Gasteiger partial charge in [0.1, 0.15) is 18.0 Å². The van der Waals surface area contributed by atoms with Crippen LogP contribution in [0.15, 0.2) is 0 Å². The smallest absolute Gasteiger partial charge is 0.351 e. The molecule has 17 heavy (non-hydrogen) atoms. The van der Waals surface area contributed by atoms with Crippen molar-refractivity contribution < 1.29 is 24.3 Å². The third-order valence-corrected chi connectivity index (χ3v) is 1.74. The maximum Gasteiger partial charge on any atom is 0.351 e. The fourth-order valence-electron chi connectivity index (χ4n) is 0.887. The molecule has 0 fully saturated rings. The normalized spacial score (nSPS) is 13.2. The van der Waals surface area contributed by atoms with E-state index in [1.807, 2.05) is 5.32 Å². The molecule has 0 radical (unpaired) electrons. The van der Waals surface area contributed by atoms with Crippen molar-refractivity contribution in [2.45, 2.75) is 18.5 Å². The van der Waals surface area contributed by atoms with E-state index in [4.69, 9.17) is 22.0 Å². The third kappa shape index (κ3) is 4.84. The van der Waals surface area contributed by atoms with Crippen molar-refractivity contribution in [1.29, 1.82) is 5.41 Å². The van der Waals surface area contributed by atoms with E-state index in [9.17, 15) is 19.2 Å². The van der Waals surface area contributed by atoms with E-state index in [1.54, 1.807) is 0 Å². The molecule has 0 unspecified atom stereocenters. The summed E-state index contributed by atoms with van der Waals surface area (Å²) >= 11 is 0. The standard InChI is InChI=1S/C8H12N4O5/c9-4(14)1-3(2-13)12-7(15)5(10)6(11)8(16)17/h2-3,5,11H,1,10H2,(H2,9,14)(H,12,15)(H,16,17)/t3-,5-/m0/s1. The second-order valence-corrected chi connectivity index (χ2v) is 3.12. The number of hydrogen-bond acceptors (Lipinski definition) is 6. The number of aldehydes is 1. The number of amides is 2. The summed E-state index contributed by atoms with van der Waals surface area (Å²) in [5.74, 6) is -3.51. The predicted octanol–water partition coefficient (Wildman–Crippen LogP) is -3.02. The van der Waals surface area contributed by atoms with Crippen molar-refractivity contribution in [2.24, 2.45) is 11.5 Å². The molecule has 9 heteroatoms. The summed E-state index contributed by atoms with van der Waals surface area (Å²) < 4.78 is 0. The van der Waals surface area contributed by atoms with E-state index < -0.39 is 42.0 Å². The number of hydrogen-bond donors (Lipinski definition) is 5. The fraction of sp³-hybridized carbons (Fsp3) is 0.375. The van der Waals surface area contributed by atoms with E-state index in [0.29, 0.717) is 0 Å². The Morgan fingerprint density at radius 2 is 1.94 bits per heavy atom. The lowest BCUT2D eigenvalue weighted by Crippen LogP contribution is -2.52. The molecule has 0 saturated heterocycles. The number of rotatable bonds is 7. The van der Waals surface area contributed by atoms with Gasteiger partial charge in [-0.1, -0.05) is 0 Å². The molecular weight excluding hydrogens is 232 g/mol. The van der Waals surface area contributed by atoms with Crippen LogP contribution in [0.25, 0.3) is 0 Å². The number of carbonyl (C=O) groups is 4. The fourth-order valence-corrected chi connectivity index (χ4v) is 0.887. The zero-order valence-electron chi connectivity index (χ0n) is 8.67. The monoisotopic (exact) mass is 244 g/mol. The van der Waals surface area contributed by atoms with Crippen molar-refractivity contribution in [3.63, 3.8) is 0 Å². The Bertz CT molecular complexity index is 367. The topological polar surface area (TPSA) is 176 Å². The van der Waals surface area contributed by atoms with Gasteiger partial charge < -0.3 is 26.7 Å². The van der Waals surface area contributed by atoms with Crippen molar-refractivity contribution in [3.8, 4) is 0 Å². The summed E-state index contributed by atoms with van der Waals surface area (Å²) in [5, 5.41) is 17.4. The van der Waals surface area contributed by atoms with E-state index >= 15 is 0 Å². The van der Waals surface area contributed by atoms with Crippen LogP contribution >= 0.6 is 0 Å². The predicted molar refractivity (Wildman–Crippen MR) is 55.1 cm³/mol. The first-order valence-electron chi connectivity index (χ1n) is 4.40. The number of carbonyl (C=O) groups excluding carboxylic acids is 3. The Hall–Kier alpha value is -2.29. The molecule has 0 rings (SSSR count). The molecule has 0 aliphatic heterocycles. The molecule has 0 aromatic heterocycles. The average Bonchev–Trinajstić information content (AvgIpc) is 2.24. The number of nitrogens with two attached hydrogens (primary N) is 2. The number of primary amides is 1. The zero-order chi connectivity index (χ0) is 13.6. The SMILES string of the molecule is N=C(C(=O)O)[C@H](N)C(=O)N[C@H](C=O)CC(N)=O. The molecule has 0 spiro atoms. The molecule has 9 nitrogen and oxygen atoms in total. The third-order valence-electron chi connectivity index (χ3n) is 1.74. The largest absolute Gasteiger partial charge is 0.477 e. The molecule has 0 aliphatic carbocycles. The van der Waals surface area contributed by atoms with Gasteiger partial charge in [0, 0.05) is 0 Å². The van der Waals surface area contributed by atoms with E-state index in [1.165, 1.54) is 0 Å². The van der Waals surface area contributed by atoms with Gasteiger partial charge in [-0.15, -0.1) is 0 Å². The highest BCUT2D eigenvalue weighted by molar-refractivity contribution is 6.40. The summed E-state index contributed by atoms with van der Waals surface area (Å²) in [7, 11) is 0. The second-order valence-electron chi connectivity index (χ2n) is 3.12. The van der Waals surface area contributed by atoms with Crippen molar-refractivity contribution in [1.82, 2.24) is 5.32 Å². The summed E-state index contributed by atoms with van der Waals surface area (Å²) in [6, 6.07) is -2.91. The maximum atomic E-state index is 11.3. The molecule has 2 amide bonds. The summed E-state index contributed by atoms with van der Waals surface area (Å²) in [4.78, 5) is 42.6. The minimum absolute atomic E-state index is 0.264. The van der Waals surface area contributed by atoms with Crippen LogP contribution in [0.3, 0.4) is 0 Å². The molecule has 94 valence electrons. The molecule has 7 N–H and O–H groups in total. The zero-order valence-corrected chi connectivity index (χ0v) is 8.67. The molecule has 0 aliphatic rings. The molecule has 0 saturated carbocycles. The minimum atomic E-state index is -1.72. The van der Waals surface area contributed by atoms with Gasteiger partial charge in [-0.25, -0.2) is 4.79 Å². The van der Waals surface area contributed by atoms with Gasteiger partial charge in [0.2, 0.25) is 11.8 Å². The van der Waals surface area contributed by atoms with Gasteiger partial charge in [-0.3, -0.25) is 15.0 Å². The Morgan fingerprint density at radius 1 is 1.41 bits per heavy atom. The van der Waals surface area contributed by atoms with Crippen molar-refractivity contribution >= 4 is 29.8 Å². The quantitative estimate of drug-likeness (QED) is 0.235. The van der Waals surface area contributed by atoms with Crippen LogP contribution in [0.5, 0.6) is 0 Å². The van der Waals surface area contributed by atoms with Gasteiger partial charge >= 0.3 is 5.97 Å². The van der Waals surface area contributed by atoms with Crippen LogP contribution in [0.1, 0.15) is 6.42 Å². The second kappa shape index (κ2) is 6.33. The van der Waals surface area contributed by atoms with Crippen LogP contribution < -0.4 is 16.8 Å². The lowest BCUT2D eigenvalue weighted by atomic mass is 10.1. The summed E-state index contributed by atoms with van der Waals surface area (Å²) in [6.07, 6.45) is -0.165. The molecule has 0 heterocycles. The Labute approximate surface area is 95.6 Å². The lowest BCUT2D eigenvalue weighted by Gasteiger charge is -2.14. The van der Waals surface area contributed by atoms with Crippen LogP contribution in [0, 0.1) is 5.41 Å². The van der Waals surface area contributed by atoms with E-state index in [-0.39, 0.29) is 6.29 Å². The van der Waals surface area contributed by atoms with Crippen molar-refractivity contribution in [2.75, 3.05) is 0 Å². The van der Waals surface area contributed by atoms with Crippen LogP contribution in [-0.4, -0.2) is 47.0 Å². The van der Waals surface area contributed by atoms with E-state index in [2.05, 4.69) is 0 Å². The van der Waals surface area contributed by atoms with Gasteiger partial charge in [-0.2, -0.15) is 0 Å². The first-order valence-corrected chi connectivity index (χ1v) is 4.40. The highest BCUT2D eigenvalue weighted by atomic mass is 16.4. The van der Waals surface area contributed by atoms with Crippen molar-refractivity contribution in [3.05, 3.63) is 0 Å². The maximum absolute atomic E-state index is 11.3. The van der Waals surface area contributed by atoms with Crippen LogP contribution in [0.4, 0.5) is 0 Å².